The number of ether oxygens (including phenoxy) is 1. The molecule has 0 spiro atoms. The molecule has 0 aromatic heterocycles. The van der Waals surface area contributed by atoms with Crippen LogP contribution < -0.4 is 10.2 Å². The molecule has 29 heavy (non-hydrogen) atoms. The van der Waals surface area contributed by atoms with Gasteiger partial charge in [0.05, 0.1) is 23.5 Å². The number of hydrogen-bond acceptors (Lipinski definition) is 4. The van der Waals surface area contributed by atoms with Crippen molar-refractivity contribution in [3.8, 4) is 0 Å². The number of benzene rings is 3. The average molecular weight is 404 g/mol. The van der Waals surface area contributed by atoms with Crippen molar-refractivity contribution < 1.29 is 14.3 Å². The minimum absolute atomic E-state index is 0.258. The molecule has 3 aromatic carbocycles. The highest BCUT2D eigenvalue weighted by atomic mass is 32.2. The van der Waals surface area contributed by atoms with E-state index in [1.807, 2.05) is 55.5 Å². The van der Waals surface area contributed by atoms with Gasteiger partial charge in [-0.1, -0.05) is 43.0 Å². The first-order valence-corrected chi connectivity index (χ1v) is 10.2. The molecular formula is C23H20N2O3S. The van der Waals surface area contributed by atoms with Crippen LogP contribution in [0.25, 0.3) is 0 Å². The van der Waals surface area contributed by atoms with Crippen LogP contribution in [0.4, 0.5) is 21.9 Å². The van der Waals surface area contributed by atoms with E-state index < -0.39 is 0 Å². The first kappa shape index (κ1) is 19.1. The zero-order valence-corrected chi connectivity index (χ0v) is 16.7. The number of nitrogens with one attached hydrogen (secondary N) is 1. The SMILES string of the molecule is CCCOC(=O)c1ccc(NC(=O)N2c3ccccc3Sc3ccccc32)cc1. The predicted octanol–water partition coefficient (Wildman–Crippen LogP) is 6.09. The Kier molecular flexibility index (Phi) is 5.53. The second-order valence-corrected chi connectivity index (χ2v) is 7.60. The van der Waals surface area contributed by atoms with Crippen molar-refractivity contribution in [1.29, 1.82) is 0 Å². The number of esters is 1. The summed E-state index contributed by atoms with van der Waals surface area (Å²) in [6.45, 7) is 2.34. The van der Waals surface area contributed by atoms with Crippen molar-refractivity contribution in [2.45, 2.75) is 23.1 Å². The number of carbonyl (C=O) groups is 2. The third-order valence-electron chi connectivity index (χ3n) is 4.44. The Morgan fingerprint density at radius 1 is 0.897 bits per heavy atom. The fraction of sp³-hybridized carbons (Fsp3) is 0.130. The lowest BCUT2D eigenvalue weighted by Gasteiger charge is -2.31. The summed E-state index contributed by atoms with van der Waals surface area (Å²) in [4.78, 5) is 28.8. The lowest BCUT2D eigenvalue weighted by Crippen LogP contribution is -2.32. The Balaban J connectivity index is 1.57. The van der Waals surface area contributed by atoms with E-state index in [0.29, 0.717) is 17.9 Å². The first-order chi connectivity index (χ1) is 14.2. The average Bonchev–Trinajstić information content (AvgIpc) is 2.76. The van der Waals surface area contributed by atoms with Crippen LogP contribution in [0.2, 0.25) is 0 Å². The molecule has 0 fully saturated rings. The van der Waals surface area contributed by atoms with Gasteiger partial charge in [-0.05, 0) is 55.0 Å². The molecule has 0 unspecified atom stereocenters. The molecule has 1 heterocycles. The molecule has 0 atom stereocenters. The lowest BCUT2D eigenvalue weighted by atomic mass is 10.2. The summed E-state index contributed by atoms with van der Waals surface area (Å²) in [5, 5.41) is 2.93. The van der Waals surface area contributed by atoms with E-state index >= 15 is 0 Å². The summed E-state index contributed by atoms with van der Waals surface area (Å²) < 4.78 is 5.13. The number of nitrogens with zero attached hydrogens (tertiary/aromatic N) is 1. The van der Waals surface area contributed by atoms with Gasteiger partial charge >= 0.3 is 12.0 Å². The number of fused-ring (bicyclic) bond motifs is 2. The molecule has 146 valence electrons. The van der Waals surface area contributed by atoms with Crippen LogP contribution in [-0.2, 0) is 4.74 Å². The van der Waals surface area contributed by atoms with Gasteiger partial charge in [0.25, 0.3) is 0 Å². The van der Waals surface area contributed by atoms with Gasteiger partial charge in [0.1, 0.15) is 0 Å². The number of hydrogen-bond donors (Lipinski definition) is 1. The Labute approximate surface area is 173 Å². The Morgan fingerprint density at radius 3 is 2.07 bits per heavy atom. The van der Waals surface area contributed by atoms with Gasteiger partial charge in [0, 0.05) is 15.5 Å². The molecule has 0 saturated heterocycles. The van der Waals surface area contributed by atoms with E-state index in [-0.39, 0.29) is 12.0 Å². The highest BCUT2D eigenvalue weighted by Crippen LogP contribution is 2.47. The normalized spacial score (nSPS) is 12.0. The van der Waals surface area contributed by atoms with E-state index in [0.717, 1.165) is 27.6 Å². The maximum absolute atomic E-state index is 13.2. The molecule has 3 aromatic rings. The number of urea groups is 1. The molecule has 0 radical (unpaired) electrons. The highest BCUT2D eigenvalue weighted by Gasteiger charge is 2.27. The van der Waals surface area contributed by atoms with Gasteiger partial charge in [-0.2, -0.15) is 0 Å². The first-order valence-electron chi connectivity index (χ1n) is 9.41. The second-order valence-electron chi connectivity index (χ2n) is 6.52. The standard InChI is InChI=1S/C23H20N2O3S/c1-2-15-28-22(26)16-11-13-17(14-12-16)24-23(27)25-18-7-3-5-9-20(18)29-21-10-6-4-8-19(21)25/h3-14H,2,15H2,1H3,(H,24,27). The molecular weight excluding hydrogens is 384 g/mol. The van der Waals surface area contributed by atoms with Crippen LogP contribution in [0.3, 0.4) is 0 Å². The van der Waals surface area contributed by atoms with Crippen molar-refractivity contribution in [2.75, 3.05) is 16.8 Å². The van der Waals surface area contributed by atoms with Crippen LogP contribution in [0.5, 0.6) is 0 Å². The topological polar surface area (TPSA) is 58.6 Å². The van der Waals surface area contributed by atoms with E-state index in [4.69, 9.17) is 4.74 Å². The van der Waals surface area contributed by atoms with Crippen LogP contribution in [0.15, 0.2) is 82.6 Å². The quantitative estimate of drug-likeness (QED) is 0.535. The fourth-order valence-electron chi connectivity index (χ4n) is 3.07. The molecule has 6 heteroatoms. The number of para-hydroxylation sites is 2. The number of anilines is 3. The van der Waals surface area contributed by atoms with Gasteiger partial charge in [-0.25, -0.2) is 9.59 Å². The van der Waals surface area contributed by atoms with Gasteiger partial charge in [-0.15, -0.1) is 0 Å². The zero-order chi connectivity index (χ0) is 20.2. The zero-order valence-electron chi connectivity index (χ0n) is 15.9. The molecule has 0 bridgehead atoms. The number of rotatable bonds is 4. The van der Waals surface area contributed by atoms with E-state index in [1.165, 1.54) is 0 Å². The molecule has 5 nitrogen and oxygen atoms in total. The van der Waals surface area contributed by atoms with Crippen LogP contribution in [-0.4, -0.2) is 18.6 Å². The van der Waals surface area contributed by atoms with Gasteiger partial charge in [-0.3, -0.25) is 4.90 Å². The smallest absolute Gasteiger partial charge is 0.338 e. The van der Waals surface area contributed by atoms with E-state index in [2.05, 4.69) is 5.32 Å². The maximum atomic E-state index is 13.2. The van der Waals surface area contributed by atoms with Gasteiger partial charge in [0.15, 0.2) is 0 Å². The molecule has 1 aliphatic heterocycles. The summed E-state index contributed by atoms with van der Waals surface area (Å²) in [5.74, 6) is -0.361. The van der Waals surface area contributed by atoms with Gasteiger partial charge < -0.3 is 10.1 Å². The van der Waals surface area contributed by atoms with Crippen molar-refractivity contribution in [3.63, 3.8) is 0 Å². The summed E-state index contributed by atoms with van der Waals surface area (Å²) in [6, 6.07) is 22.1. The molecule has 2 amide bonds. The Bertz CT molecular complexity index is 1000. The number of carbonyl (C=O) groups excluding carboxylic acids is 2. The molecule has 1 N–H and O–H groups in total. The predicted molar refractivity (Wildman–Crippen MR) is 115 cm³/mol. The third kappa shape index (κ3) is 3.98. The van der Waals surface area contributed by atoms with E-state index in [1.54, 1.807) is 40.9 Å². The van der Waals surface area contributed by atoms with Crippen molar-refractivity contribution in [3.05, 3.63) is 78.4 Å². The van der Waals surface area contributed by atoms with Gasteiger partial charge in [0.2, 0.25) is 0 Å². The second kappa shape index (κ2) is 8.41. The third-order valence-corrected chi connectivity index (χ3v) is 5.57. The molecule has 1 aliphatic rings. The maximum Gasteiger partial charge on any atom is 0.338 e. The van der Waals surface area contributed by atoms with Crippen LogP contribution in [0.1, 0.15) is 23.7 Å². The largest absolute Gasteiger partial charge is 0.462 e. The highest BCUT2D eigenvalue weighted by molar-refractivity contribution is 7.99. The lowest BCUT2D eigenvalue weighted by molar-refractivity contribution is 0.0505. The van der Waals surface area contributed by atoms with Crippen molar-refractivity contribution >= 4 is 40.8 Å². The molecule has 0 aliphatic carbocycles. The van der Waals surface area contributed by atoms with E-state index in [9.17, 15) is 9.59 Å². The monoisotopic (exact) mass is 404 g/mol. The number of amides is 2. The van der Waals surface area contributed by atoms with Crippen molar-refractivity contribution in [2.24, 2.45) is 0 Å². The minimum atomic E-state index is -0.361. The summed E-state index contributed by atoms with van der Waals surface area (Å²) in [5.41, 5.74) is 2.75. The fourth-order valence-corrected chi connectivity index (χ4v) is 4.13. The summed E-state index contributed by atoms with van der Waals surface area (Å²) in [6.07, 6.45) is 0.775. The van der Waals surface area contributed by atoms with Crippen LogP contribution >= 0.6 is 11.8 Å². The molecule has 4 rings (SSSR count). The summed E-state index contributed by atoms with van der Waals surface area (Å²) in [7, 11) is 0. The minimum Gasteiger partial charge on any atom is -0.462 e. The molecule has 0 saturated carbocycles. The summed E-state index contributed by atoms with van der Waals surface area (Å²) >= 11 is 1.65. The van der Waals surface area contributed by atoms with Crippen molar-refractivity contribution in [1.82, 2.24) is 0 Å². The Hall–Kier alpha value is -3.25. The Morgan fingerprint density at radius 2 is 1.48 bits per heavy atom. The van der Waals surface area contributed by atoms with Crippen LogP contribution in [0, 0.1) is 0 Å².